The molecule has 1 rings (SSSR count). The SMILES string of the molecule is CC[C@H]1O[C@@H]([C@@H](C)CC(=O)C[C@H](C)[C@H](C)/C=C/I)[C@@H](O[Si](C)(C)C(C)(C)C)C[C@H]1C. The first-order valence-electron chi connectivity index (χ1n) is 11.8. The Morgan fingerprint density at radius 2 is 1.83 bits per heavy atom. The van der Waals surface area contributed by atoms with Gasteiger partial charge in [0.2, 0.25) is 0 Å². The molecule has 1 fully saturated rings. The van der Waals surface area contributed by atoms with Crippen LogP contribution in [0, 0.1) is 23.7 Å². The summed E-state index contributed by atoms with van der Waals surface area (Å²) in [6.45, 7) is 22.5. The van der Waals surface area contributed by atoms with Crippen molar-refractivity contribution in [3.05, 3.63) is 10.2 Å². The maximum atomic E-state index is 12.9. The Kier molecular flexibility index (Phi) is 11.3. The van der Waals surface area contributed by atoms with E-state index >= 15 is 0 Å². The van der Waals surface area contributed by atoms with Crippen LogP contribution in [0.3, 0.4) is 0 Å². The number of ether oxygens (including phenoxy) is 1. The van der Waals surface area contributed by atoms with E-state index in [2.05, 4.69) is 101 Å². The molecule has 0 radical (unpaired) electrons. The Balaban J connectivity index is 2.91. The summed E-state index contributed by atoms with van der Waals surface area (Å²) in [4.78, 5) is 12.9. The number of halogens is 1. The molecule has 0 spiro atoms. The first-order valence-corrected chi connectivity index (χ1v) is 16.0. The second-order valence-corrected chi connectivity index (χ2v) is 16.7. The van der Waals surface area contributed by atoms with Crippen molar-refractivity contribution in [2.24, 2.45) is 23.7 Å². The van der Waals surface area contributed by atoms with Gasteiger partial charge in [0.15, 0.2) is 8.32 Å². The third kappa shape index (κ3) is 8.00. The monoisotopic (exact) mass is 550 g/mol. The van der Waals surface area contributed by atoms with Crippen molar-refractivity contribution >= 4 is 36.7 Å². The molecular weight excluding hydrogens is 503 g/mol. The molecule has 0 aliphatic carbocycles. The molecule has 0 bridgehead atoms. The van der Waals surface area contributed by atoms with E-state index in [4.69, 9.17) is 9.16 Å². The number of carbonyl (C=O) groups excluding carboxylic acids is 1. The highest BCUT2D eigenvalue weighted by atomic mass is 127. The van der Waals surface area contributed by atoms with Crippen LogP contribution in [0.5, 0.6) is 0 Å². The fourth-order valence-electron chi connectivity index (χ4n) is 4.15. The summed E-state index contributed by atoms with van der Waals surface area (Å²) in [6.07, 6.45) is 5.81. The van der Waals surface area contributed by atoms with Crippen LogP contribution < -0.4 is 0 Å². The van der Waals surface area contributed by atoms with E-state index < -0.39 is 8.32 Å². The van der Waals surface area contributed by atoms with Crippen molar-refractivity contribution in [1.29, 1.82) is 0 Å². The third-order valence-corrected chi connectivity index (χ3v) is 12.4. The zero-order chi connectivity index (χ0) is 23.3. The highest BCUT2D eigenvalue weighted by Crippen LogP contribution is 2.41. The predicted molar refractivity (Wildman–Crippen MR) is 140 cm³/mol. The van der Waals surface area contributed by atoms with Gasteiger partial charge in [0.1, 0.15) is 5.78 Å². The fraction of sp³-hybridized carbons (Fsp3) is 0.880. The van der Waals surface area contributed by atoms with Crippen molar-refractivity contribution in [2.45, 2.75) is 118 Å². The standard InChI is InChI=1S/C25H47IO3Si/c1-11-22-19(4)16-23(29-30(9,10)25(6,7)8)24(28-22)20(5)15-21(27)14-18(3)17(2)12-13-26/h12-13,17-20,22-24H,11,14-16H2,1-10H3/b13-12+/t17-,18+,19-,20+,22-,23+,24+/m1/s1. The molecular formula is C25H47IO3Si. The van der Waals surface area contributed by atoms with Gasteiger partial charge in [0.25, 0.3) is 0 Å². The minimum absolute atomic E-state index is 0.00574. The summed E-state index contributed by atoms with van der Waals surface area (Å²) in [5, 5.41) is 0.166. The van der Waals surface area contributed by atoms with Crippen LogP contribution in [0.2, 0.25) is 18.1 Å². The number of carbonyl (C=O) groups is 1. The van der Waals surface area contributed by atoms with Gasteiger partial charge in [0, 0.05) is 12.8 Å². The minimum atomic E-state index is -1.91. The zero-order valence-electron chi connectivity index (χ0n) is 21.1. The lowest BCUT2D eigenvalue weighted by molar-refractivity contribution is -0.158. The fourth-order valence-corrected chi connectivity index (χ4v) is 6.15. The molecule has 7 atom stereocenters. The predicted octanol–water partition coefficient (Wildman–Crippen LogP) is 7.79. The number of rotatable bonds is 10. The molecule has 3 nitrogen and oxygen atoms in total. The van der Waals surface area contributed by atoms with E-state index in [1.807, 2.05) is 0 Å². The highest BCUT2D eigenvalue weighted by molar-refractivity contribution is 14.1. The normalized spacial score (nSPS) is 29.0. The van der Waals surface area contributed by atoms with Gasteiger partial charge in [-0.05, 0) is 58.7 Å². The molecule has 30 heavy (non-hydrogen) atoms. The quantitative estimate of drug-likeness (QED) is 0.206. The summed E-state index contributed by atoms with van der Waals surface area (Å²) in [5.74, 6) is 1.81. The van der Waals surface area contributed by atoms with E-state index in [-0.39, 0.29) is 29.3 Å². The number of hydrogen-bond acceptors (Lipinski definition) is 3. The molecule has 1 aliphatic rings. The van der Waals surface area contributed by atoms with Gasteiger partial charge in [-0.1, -0.05) is 84.1 Å². The van der Waals surface area contributed by atoms with E-state index in [0.29, 0.717) is 36.4 Å². The molecule has 1 heterocycles. The summed E-state index contributed by atoms with van der Waals surface area (Å²) in [7, 11) is -1.91. The molecule has 0 aromatic rings. The van der Waals surface area contributed by atoms with Crippen molar-refractivity contribution in [2.75, 3.05) is 0 Å². The smallest absolute Gasteiger partial charge is 0.192 e. The Bertz CT molecular complexity index is 569. The Labute approximate surface area is 201 Å². The van der Waals surface area contributed by atoms with Crippen LogP contribution in [-0.2, 0) is 14.0 Å². The maximum Gasteiger partial charge on any atom is 0.192 e. The molecule has 0 aromatic carbocycles. The van der Waals surface area contributed by atoms with Gasteiger partial charge in [-0.2, -0.15) is 0 Å². The number of hydrogen-bond donors (Lipinski definition) is 0. The van der Waals surface area contributed by atoms with Gasteiger partial charge in [-0.15, -0.1) is 0 Å². The van der Waals surface area contributed by atoms with Crippen molar-refractivity contribution in [3.63, 3.8) is 0 Å². The minimum Gasteiger partial charge on any atom is -0.411 e. The summed E-state index contributed by atoms with van der Waals surface area (Å²) >= 11 is 2.25. The van der Waals surface area contributed by atoms with E-state index in [1.165, 1.54) is 0 Å². The molecule has 0 amide bonds. The van der Waals surface area contributed by atoms with Crippen LogP contribution in [0.15, 0.2) is 10.2 Å². The molecule has 0 aromatic heterocycles. The summed E-state index contributed by atoms with van der Waals surface area (Å²) in [6, 6.07) is 0. The summed E-state index contributed by atoms with van der Waals surface area (Å²) in [5.41, 5.74) is 0. The lowest BCUT2D eigenvalue weighted by atomic mass is 9.82. The maximum absolute atomic E-state index is 12.9. The highest BCUT2D eigenvalue weighted by Gasteiger charge is 2.45. The number of allylic oxidation sites excluding steroid dienone is 1. The second-order valence-electron chi connectivity index (χ2n) is 11.3. The first kappa shape index (κ1) is 28.3. The largest absolute Gasteiger partial charge is 0.411 e. The average molecular weight is 551 g/mol. The molecule has 1 aliphatic heterocycles. The molecule has 0 unspecified atom stereocenters. The second kappa shape index (κ2) is 11.9. The van der Waals surface area contributed by atoms with E-state index in [1.54, 1.807) is 0 Å². The Morgan fingerprint density at radius 1 is 1.23 bits per heavy atom. The van der Waals surface area contributed by atoms with E-state index in [0.717, 1.165) is 12.8 Å². The molecule has 1 saturated heterocycles. The first-order chi connectivity index (χ1) is 13.7. The molecule has 0 N–H and O–H groups in total. The summed E-state index contributed by atoms with van der Waals surface area (Å²) < 4.78 is 15.5. The number of Topliss-reactive ketones (excluding diaryl/α,β-unsaturated/α-hetero) is 1. The van der Waals surface area contributed by atoms with Gasteiger partial charge >= 0.3 is 0 Å². The van der Waals surface area contributed by atoms with Gasteiger partial charge < -0.3 is 9.16 Å². The van der Waals surface area contributed by atoms with Crippen molar-refractivity contribution < 1.29 is 14.0 Å². The van der Waals surface area contributed by atoms with Crippen molar-refractivity contribution in [1.82, 2.24) is 0 Å². The zero-order valence-corrected chi connectivity index (χ0v) is 24.3. The van der Waals surface area contributed by atoms with Crippen molar-refractivity contribution in [3.8, 4) is 0 Å². The third-order valence-electron chi connectivity index (χ3n) is 7.53. The van der Waals surface area contributed by atoms with Gasteiger partial charge in [-0.3, -0.25) is 4.79 Å². The Hall–Kier alpha value is 0.277. The van der Waals surface area contributed by atoms with Gasteiger partial charge in [-0.25, -0.2) is 0 Å². The van der Waals surface area contributed by atoms with Gasteiger partial charge in [0.05, 0.1) is 18.3 Å². The molecule has 0 saturated carbocycles. The van der Waals surface area contributed by atoms with Crippen LogP contribution in [0.4, 0.5) is 0 Å². The molecule has 5 heteroatoms. The van der Waals surface area contributed by atoms with Crippen LogP contribution in [0.1, 0.15) is 81.1 Å². The Morgan fingerprint density at radius 3 is 2.33 bits per heavy atom. The lowest BCUT2D eigenvalue weighted by Gasteiger charge is -2.47. The van der Waals surface area contributed by atoms with Crippen LogP contribution in [0.25, 0.3) is 0 Å². The molecule has 176 valence electrons. The van der Waals surface area contributed by atoms with Crippen LogP contribution in [-0.4, -0.2) is 32.4 Å². The van der Waals surface area contributed by atoms with E-state index in [9.17, 15) is 4.79 Å². The topological polar surface area (TPSA) is 35.5 Å². The lowest BCUT2D eigenvalue weighted by Crippen LogP contribution is -2.54. The van der Waals surface area contributed by atoms with Crippen LogP contribution >= 0.6 is 22.6 Å². The average Bonchev–Trinajstić information content (AvgIpc) is 2.60. The number of ketones is 1.